The maximum absolute atomic E-state index is 5.02. The van der Waals surface area contributed by atoms with Crippen molar-refractivity contribution in [1.29, 1.82) is 0 Å². The number of hydrogen-bond donors (Lipinski definition) is 1. The van der Waals surface area contributed by atoms with Crippen molar-refractivity contribution in [2.45, 2.75) is 19.8 Å². The summed E-state index contributed by atoms with van der Waals surface area (Å²) in [7, 11) is 1.95. The number of rotatable bonds is 6. The van der Waals surface area contributed by atoms with Crippen molar-refractivity contribution in [3.05, 3.63) is 29.7 Å². The highest BCUT2D eigenvalue weighted by molar-refractivity contribution is 5.00. The maximum atomic E-state index is 5.02. The van der Waals surface area contributed by atoms with Crippen molar-refractivity contribution in [2.24, 2.45) is 7.05 Å². The van der Waals surface area contributed by atoms with Gasteiger partial charge < -0.3 is 9.84 Å². The molecule has 0 aliphatic rings. The Morgan fingerprint density at radius 2 is 2.18 bits per heavy atom. The molecule has 92 valence electrons. The summed E-state index contributed by atoms with van der Waals surface area (Å²) in [5.41, 5.74) is 1.23. The van der Waals surface area contributed by atoms with Crippen LogP contribution in [0.4, 0.5) is 0 Å². The van der Waals surface area contributed by atoms with Gasteiger partial charge in [-0.2, -0.15) is 10.1 Å². The van der Waals surface area contributed by atoms with E-state index in [0.717, 1.165) is 25.9 Å². The Hall–Kier alpha value is -1.69. The predicted molar refractivity (Wildman–Crippen MR) is 62.5 cm³/mol. The van der Waals surface area contributed by atoms with Gasteiger partial charge in [0.05, 0.1) is 0 Å². The third kappa shape index (κ3) is 3.39. The van der Waals surface area contributed by atoms with E-state index in [1.807, 2.05) is 30.9 Å². The molecule has 0 saturated carbocycles. The van der Waals surface area contributed by atoms with Crippen LogP contribution >= 0.6 is 0 Å². The van der Waals surface area contributed by atoms with Crippen LogP contribution in [0.1, 0.15) is 17.4 Å². The highest BCUT2D eigenvalue weighted by Gasteiger charge is 2.02. The normalized spacial score (nSPS) is 10.9. The Morgan fingerprint density at radius 1 is 1.35 bits per heavy atom. The molecule has 0 aliphatic heterocycles. The Bertz CT molecular complexity index is 462. The monoisotopic (exact) mass is 235 g/mol. The zero-order chi connectivity index (χ0) is 12.1. The van der Waals surface area contributed by atoms with Crippen molar-refractivity contribution in [1.82, 2.24) is 25.2 Å². The fraction of sp³-hybridized carbons (Fsp3) is 0.545. The highest BCUT2D eigenvalue weighted by Crippen LogP contribution is 1.97. The minimum atomic E-state index is 0.690. The molecule has 0 amide bonds. The summed E-state index contributed by atoms with van der Waals surface area (Å²) >= 11 is 0. The van der Waals surface area contributed by atoms with Gasteiger partial charge in [-0.1, -0.05) is 5.16 Å². The Balaban J connectivity index is 1.62. The van der Waals surface area contributed by atoms with Crippen LogP contribution < -0.4 is 5.32 Å². The molecule has 17 heavy (non-hydrogen) atoms. The molecule has 0 aliphatic carbocycles. The van der Waals surface area contributed by atoms with Crippen LogP contribution in [-0.4, -0.2) is 33.0 Å². The lowest BCUT2D eigenvalue weighted by molar-refractivity contribution is 0.372. The van der Waals surface area contributed by atoms with E-state index in [4.69, 9.17) is 4.52 Å². The molecular formula is C11H17N5O. The fourth-order valence-electron chi connectivity index (χ4n) is 1.62. The molecule has 0 spiro atoms. The molecule has 0 unspecified atom stereocenters. The van der Waals surface area contributed by atoms with E-state index in [-0.39, 0.29) is 0 Å². The van der Waals surface area contributed by atoms with E-state index < -0.39 is 0 Å². The topological polar surface area (TPSA) is 68.8 Å². The first-order valence-corrected chi connectivity index (χ1v) is 5.72. The van der Waals surface area contributed by atoms with Gasteiger partial charge in [-0.3, -0.25) is 4.68 Å². The van der Waals surface area contributed by atoms with Crippen LogP contribution in [0.25, 0.3) is 0 Å². The first kappa shape index (κ1) is 11.8. The summed E-state index contributed by atoms with van der Waals surface area (Å²) in [6, 6.07) is 2.03. The van der Waals surface area contributed by atoms with Crippen molar-refractivity contribution in [2.75, 3.05) is 13.1 Å². The van der Waals surface area contributed by atoms with E-state index in [9.17, 15) is 0 Å². The number of hydrogen-bond acceptors (Lipinski definition) is 5. The van der Waals surface area contributed by atoms with Gasteiger partial charge >= 0.3 is 0 Å². The van der Waals surface area contributed by atoms with Gasteiger partial charge in [0, 0.05) is 44.9 Å². The molecule has 1 N–H and O–H groups in total. The first-order chi connectivity index (χ1) is 8.25. The van der Waals surface area contributed by atoms with Crippen LogP contribution in [0.5, 0.6) is 0 Å². The lowest BCUT2D eigenvalue weighted by Gasteiger charge is -2.03. The van der Waals surface area contributed by atoms with E-state index >= 15 is 0 Å². The summed E-state index contributed by atoms with van der Waals surface area (Å²) in [5, 5.41) is 11.2. The van der Waals surface area contributed by atoms with Gasteiger partial charge in [-0.15, -0.1) is 0 Å². The van der Waals surface area contributed by atoms with Crippen LogP contribution in [0.2, 0.25) is 0 Å². The summed E-state index contributed by atoms with van der Waals surface area (Å²) < 4.78 is 6.91. The zero-order valence-corrected chi connectivity index (χ0v) is 10.2. The smallest absolute Gasteiger partial charge is 0.227 e. The second-order valence-corrected chi connectivity index (χ2v) is 3.93. The lowest BCUT2D eigenvalue weighted by Crippen LogP contribution is -2.21. The second-order valence-electron chi connectivity index (χ2n) is 3.93. The van der Waals surface area contributed by atoms with Crippen LogP contribution in [0, 0.1) is 6.92 Å². The van der Waals surface area contributed by atoms with E-state index in [0.29, 0.717) is 11.7 Å². The summed E-state index contributed by atoms with van der Waals surface area (Å²) in [6.07, 6.45) is 3.56. The molecular weight excluding hydrogens is 218 g/mol. The number of aromatic nitrogens is 4. The molecule has 2 aromatic rings. The van der Waals surface area contributed by atoms with Gasteiger partial charge in [-0.05, 0) is 13.0 Å². The van der Waals surface area contributed by atoms with Gasteiger partial charge in [0.1, 0.15) is 0 Å². The molecule has 2 heterocycles. The Kier molecular flexibility index (Phi) is 3.87. The minimum absolute atomic E-state index is 0.690. The van der Waals surface area contributed by atoms with E-state index in [1.54, 1.807) is 0 Å². The third-order valence-electron chi connectivity index (χ3n) is 2.57. The van der Waals surface area contributed by atoms with Crippen molar-refractivity contribution < 1.29 is 4.52 Å². The van der Waals surface area contributed by atoms with Gasteiger partial charge in [-0.25, -0.2) is 0 Å². The molecule has 2 rings (SSSR count). The molecule has 6 heteroatoms. The predicted octanol–water partition coefficient (Wildman–Crippen LogP) is 0.486. The summed E-state index contributed by atoms with van der Waals surface area (Å²) in [5.74, 6) is 1.38. The SMILES string of the molecule is Cc1noc(CCNCCc2ccnn2C)n1. The quantitative estimate of drug-likeness (QED) is 0.738. The van der Waals surface area contributed by atoms with Gasteiger partial charge in [0.15, 0.2) is 5.82 Å². The second kappa shape index (κ2) is 5.58. The van der Waals surface area contributed by atoms with Gasteiger partial charge in [0.25, 0.3) is 0 Å². The maximum Gasteiger partial charge on any atom is 0.227 e. The minimum Gasteiger partial charge on any atom is -0.339 e. The van der Waals surface area contributed by atoms with Crippen molar-refractivity contribution in [3.8, 4) is 0 Å². The molecule has 0 aromatic carbocycles. The number of nitrogens with zero attached hydrogens (tertiary/aromatic N) is 4. The van der Waals surface area contributed by atoms with Gasteiger partial charge in [0.2, 0.25) is 5.89 Å². The summed E-state index contributed by atoms with van der Waals surface area (Å²) in [4.78, 5) is 4.14. The van der Waals surface area contributed by atoms with E-state index in [2.05, 4.69) is 20.6 Å². The molecule has 6 nitrogen and oxygen atoms in total. The molecule has 0 atom stereocenters. The first-order valence-electron chi connectivity index (χ1n) is 5.72. The van der Waals surface area contributed by atoms with Crippen molar-refractivity contribution in [3.63, 3.8) is 0 Å². The van der Waals surface area contributed by atoms with E-state index in [1.165, 1.54) is 5.69 Å². The number of aryl methyl sites for hydroxylation is 2. The lowest BCUT2D eigenvalue weighted by atomic mass is 10.3. The standard InChI is InChI=1S/C11H17N5O/c1-9-14-11(17-15-9)5-7-12-6-3-10-4-8-13-16(10)2/h4,8,12H,3,5-7H2,1-2H3. The molecule has 0 bridgehead atoms. The highest BCUT2D eigenvalue weighted by atomic mass is 16.5. The van der Waals surface area contributed by atoms with Crippen LogP contribution in [0.3, 0.4) is 0 Å². The zero-order valence-electron chi connectivity index (χ0n) is 10.2. The van der Waals surface area contributed by atoms with Crippen LogP contribution in [-0.2, 0) is 19.9 Å². The summed E-state index contributed by atoms with van der Waals surface area (Å²) in [6.45, 7) is 3.59. The average Bonchev–Trinajstić information content (AvgIpc) is 2.88. The molecule has 0 saturated heterocycles. The molecule has 0 fully saturated rings. The Labute approximate surface area is 100 Å². The molecule has 2 aromatic heterocycles. The number of nitrogens with one attached hydrogen (secondary N) is 1. The average molecular weight is 235 g/mol. The Morgan fingerprint density at radius 3 is 2.82 bits per heavy atom. The van der Waals surface area contributed by atoms with Crippen molar-refractivity contribution >= 4 is 0 Å². The fourth-order valence-corrected chi connectivity index (χ4v) is 1.62. The largest absolute Gasteiger partial charge is 0.339 e. The third-order valence-corrected chi connectivity index (χ3v) is 2.57. The van der Waals surface area contributed by atoms with Crippen LogP contribution in [0.15, 0.2) is 16.8 Å². The molecule has 0 radical (unpaired) electrons.